The van der Waals surface area contributed by atoms with Crippen LogP contribution >= 0.6 is 0 Å². The number of hydrogen-bond acceptors (Lipinski definition) is 8. The van der Waals surface area contributed by atoms with Gasteiger partial charge < -0.3 is 26.4 Å². The highest BCUT2D eigenvalue weighted by Crippen LogP contribution is 2.25. The molecule has 0 aliphatic heterocycles. The zero-order chi connectivity index (χ0) is 28.0. The number of amides is 2. The van der Waals surface area contributed by atoms with Crippen LogP contribution < -0.4 is 21.7 Å². The molecule has 0 saturated heterocycles. The monoisotopic (exact) mass is 526 g/mol. The maximum atomic E-state index is 15.0. The minimum absolute atomic E-state index is 0.0559. The zero-order valence-corrected chi connectivity index (χ0v) is 22.5. The lowest BCUT2D eigenvalue weighted by Crippen LogP contribution is -2.40. The smallest absolute Gasteiger partial charge is 0.407 e. The van der Waals surface area contributed by atoms with Gasteiger partial charge in [-0.15, -0.1) is 0 Å². The van der Waals surface area contributed by atoms with Gasteiger partial charge in [-0.3, -0.25) is 9.78 Å². The molecule has 0 spiro atoms. The third kappa shape index (κ3) is 8.15. The third-order valence-corrected chi connectivity index (χ3v) is 5.19. The van der Waals surface area contributed by atoms with Gasteiger partial charge in [0, 0.05) is 18.8 Å². The maximum absolute atomic E-state index is 15.0. The van der Waals surface area contributed by atoms with Crippen LogP contribution in [0.5, 0.6) is 0 Å². The highest BCUT2D eigenvalue weighted by Gasteiger charge is 2.21. The average Bonchev–Trinajstić information content (AvgIpc) is 3.24. The Morgan fingerprint density at radius 3 is 2.50 bits per heavy atom. The highest BCUT2D eigenvalue weighted by atomic mass is 19.1. The summed E-state index contributed by atoms with van der Waals surface area (Å²) in [6.07, 6.45) is 6.75. The van der Waals surface area contributed by atoms with Crippen LogP contribution in [-0.2, 0) is 4.74 Å². The quantitative estimate of drug-likeness (QED) is 0.305. The molecular weight excluding hydrogens is 491 g/mol. The van der Waals surface area contributed by atoms with Gasteiger partial charge in [0.2, 0.25) is 0 Å². The van der Waals surface area contributed by atoms with Gasteiger partial charge in [-0.1, -0.05) is 13.8 Å². The number of carbonyl (C=O) groups excluding carboxylic acids is 2. The first-order valence-corrected chi connectivity index (χ1v) is 12.3. The van der Waals surface area contributed by atoms with Gasteiger partial charge in [0.25, 0.3) is 5.91 Å². The Balaban J connectivity index is 1.86. The number of halogens is 1. The number of anilines is 3. The lowest BCUT2D eigenvalue weighted by Gasteiger charge is -2.24. The van der Waals surface area contributed by atoms with E-state index in [-0.39, 0.29) is 35.7 Å². The van der Waals surface area contributed by atoms with Crippen molar-refractivity contribution in [3.63, 3.8) is 0 Å². The van der Waals surface area contributed by atoms with Crippen LogP contribution in [0.15, 0.2) is 36.9 Å². The number of nitrogens with one attached hydrogen (secondary N) is 3. The van der Waals surface area contributed by atoms with Crippen molar-refractivity contribution >= 4 is 29.3 Å². The van der Waals surface area contributed by atoms with Crippen molar-refractivity contribution in [2.75, 3.05) is 17.2 Å². The first-order valence-electron chi connectivity index (χ1n) is 12.3. The summed E-state index contributed by atoms with van der Waals surface area (Å²) in [6, 6.07) is 2.42. The number of carbonyl (C=O) groups is 2. The van der Waals surface area contributed by atoms with Crippen molar-refractivity contribution in [2.24, 2.45) is 11.7 Å². The summed E-state index contributed by atoms with van der Waals surface area (Å²) in [5, 5.41) is 13.1. The second-order valence-corrected chi connectivity index (χ2v) is 10.5. The van der Waals surface area contributed by atoms with E-state index in [0.717, 1.165) is 11.6 Å². The SMILES string of the molecule is Cc1cnn(-c2cncc(Nc3nc(N[C@@H](CNC(=O)OC(C)(C)C)CC(C)C)c(F)cc3C(N)=O)c2)c1. The summed E-state index contributed by atoms with van der Waals surface area (Å²) in [7, 11) is 0. The molecule has 3 rings (SSSR count). The van der Waals surface area contributed by atoms with Crippen molar-refractivity contribution in [3.8, 4) is 5.69 Å². The van der Waals surface area contributed by atoms with Crippen LogP contribution in [0.3, 0.4) is 0 Å². The largest absolute Gasteiger partial charge is 0.444 e. The molecule has 1 atom stereocenters. The average molecular weight is 527 g/mol. The first kappa shape index (κ1) is 28.4. The molecule has 0 aliphatic rings. The Morgan fingerprint density at radius 1 is 1.16 bits per heavy atom. The molecule has 0 radical (unpaired) electrons. The van der Waals surface area contributed by atoms with Gasteiger partial charge in [-0.25, -0.2) is 18.9 Å². The Morgan fingerprint density at radius 2 is 1.89 bits per heavy atom. The number of aryl methyl sites for hydroxylation is 1. The Labute approximate surface area is 221 Å². The number of rotatable bonds is 10. The molecule has 0 aliphatic carbocycles. The van der Waals surface area contributed by atoms with Gasteiger partial charge in [0.05, 0.1) is 35.5 Å². The topological polar surface area (TPSA) is 149 Å². The van der Waals surface area contributed by atoms with E-state index < -0.39 is 23.4 Å². The van der Waals surface area contributed by atoms with Gasteiger partial charge >= 0.3 is 6.09 Å². The zero-order valence-electron chi connectivity index (χ0n) is 22.5. The number of pyridine rings is 2. The van der Waals surface area contributed by atoms with Crippen molar-refractivity contribution in [2.45, 2.75) is 59.6 Å². The number of nitrogens with zero attached hydrogens (tertiary/aromatic N) is 4. The van der Waals surface area contributed by atoms with Crippen molar-refractivity contribution in [1.82, 2.24) is 25.1 Å². The first-order chi connectivity index (χ1) is 17.8. The van der Waals surface area contributed by atoms with Gasteiger partial charge in [0.1, 0.15) is 11.4 Å². The van der Waals surface area contributed by atoms with Crippen LogP contribution in [-0.4, -0.2) is 49.9 Å². The summed E-state index contributed by atoms with van der Waals surface area (Å²) in [6.45, 7) is 11.4. The summed E-state index contributed by atoms with van der Waals surface area (Å²) in [5.74, 6) is -1.41. The van der Waals surface area contributed by atoms with E-state index in [0.29, 0.717) is 17.8 Å². The molecule has 2 amide bonds. The van der Waals surface area contributed by atoms with E-state index in [2.05, 4.69) is 31.0 Å². The van der Waals surface area contributed by atoms with Crippen molar-refractivity contribution in [3.05, 3.63) is 53.9 Å². The molecular formula is C26H35FN8O3. The standard InChI is InChI=1S/C26H35FN8O3/c1-15(2)7-17(12-30-25(37)38-26(4,5)6)33-24-21(27)9-20(22(28)36)23(34-24)32-18-8-19(13-29-11-18)35-14-16(3)10-31-35/h8-11,13-15,17H,7,12H2,1-6H3,(H2,28,36)(H,30,37)(H2,32,33,34)/t17-/m1/s1. The molecule has 11 nitrogen and oxygen atoms in total. The minimum Gasteiger partial charge on any atom is -0.444 e. The van der Waals surface area contributed by atoms with Gasteiger partial charge in [-0.05, 0) is 57.7 Å². The molecule has 0 aromatic carbocycles. The Hall–Kier alpha value is -4.22. The minimum atomic E-state index is -0.845. The van der Waals surface area contributed by atoms with Crippen LogP contribution in [0.4, 0.5) is 26.5 Å². The number of alkyl carbamates (subject to hydrolysis) is 1. The lowest BCUT2D eigenvalue weighted by molar-refractivity contribution is 0.0524. The Bertz CT molecular complexity index is 1290. The fraction of sp³-hybridized carbons (Fsp3) is 0.423. The molecule has 3 aromatic rings. The molecule has 0 bridgehead atoms. The second-order valence-electron chi connectivity index (χ2n) is 10.5. The predicted octanol–water partition coefficient (Wildman–Crippen LogP) is 4.30. The molecule has 0 fully saturated rings. The van der Waals surface area contributed by atoms with E-state index in [1.165, 1.54) is 6.20 Å². The van der Waals surface area contributed by atoms with Crippen LogP contribution in [0.1, 0.15) is 57.0 Å². The summed E-state index contributed by atoms with van der Waals surface area (Å²) < 4.78 is 22.0. The molecule has 5 N–H and O–H groups in total. The summed E-state index contributed by atoms with van der Waals surface area (Å²) >= 11 is 0. The van der Waals surface area contributed by atoms with E-state index >= 15 is 4.39 Å². The number of hydrogen-bond donors (Lipinski definition) is 4. The number of nitrogens with two attached hydrogens (primary N) is 1. The summed E-state index contributed by atoms with van der Waals surface area (Å²) in [5.41, 5.74) is 6.89. The van der Waals surface area contributed by atoms with Crippen LogP contribution in [0.2, 0.25) is 0 Å². The fourth-order valence-corrected chi connectivity index (χ4v) is 3.66. The maximum Gasteiger partial charge on any atom is 0.407 e. The fourth-order valence-electron chi connectivity index (χ4n) is 3.66. The molecule has 204 valence electrons. The van der Waals surface area contributed by atoms with E-state index in [1.54, 1.807) is 43.9 Å². The van der Waals surface area contributed by atoms with Crippen molar-refractivity contribution in [1.29, 1.82) is 0 Å². The van der Waals surface area contributed by atoms with Gasteiger partial charge in [-0.2, -0.15) is 5.10 Å². The normalized spacial score (nSPS) is 12.2. The molecule has 0 unspecified atom stereocenters. The lowest BCUT2D eigenvalue weighted by atomic mass is 10.0. The van der Waals surface area contributed by atoms with Gasteiger partial charge in [0.15, 0.2) is 11.6 Å². The number of ether oxygens (including phenoxy) is 1. The highest BCUT2D eigenvalue weighted by molar-refractivity contribution is 5.98. The van der Waals surface area contributed by atoms with Crippen molar-refractivity contribution < 1.29 is 18.7 Å². The second kappa shape index (κ2) is 11.9. The predicted molar refractivity (Wildman–Crippen MR) is 143 cm³/mol. The van der Waals surface area contributed by atoms with Crippen LogP contribution in [0, 0.1) is 18.7 Å². The Kier molecular flexibility index (Phi) is 8.87. The third-order valence-electron chi connectivity index (χ3n) is 5.19. The molecule has 0 saturated carbocycles. The number of primary amides is 1. The van der Waals surface area contributed by atoms with E-state index in [1.807, 2.05) is 27.0 Å². The molecule has 12 heteroatoms. The molecule has 38 heavy (non-hydrogen) atoms. The van der Waals surface area contributed by atoms with E-state index in [4.69, 9.17) is 10.5 Å². The number of aromatic nitrogens is 4. The van der Waals surface area contributed by atoms with Crippen LogP contribution in [0.25, 0.3) is 5.69 Å². The molecule has 3 heterocycles. The van der Waals surface area contributed by atoms with E-state index in [9.17, 15) is 9.59 Å². The summed E-state index contributed by atoms with van der Waals surface area (Å²) in [4.78, 5) is 32.8. The molecule has 3 aromatic heterocycles.